The van der Waals surface area contributed by atoms with Gasteiger partial charge in [0.2, 0.25) is 5.91 Å². The normalized spacial score (nSPS) is 23.6. The topological polar surface area (TPSA) is 49.4 Å². The van der Waals surface area contributed by atoms with Crippen LogP contribution in [0.2, 0.25) is 0 Å². The number of carbonyl (C=O) groups is 2. The lowest BCUT2D eigenvalue weighted by atomic mass is 9.95. The highest BCUT2D eigenvalue weighted by Crippen LogP contribution is 2.22. The van der Waals surface area contributed by atoms with Gasteiger partial charge in [-0.1, -0.05) is 18.2 Å². The van der Waals surface area contributed by atoms with Gasteiger partial charge in [-0.05, 0) is 24.5 Å². The molecular formula is C14H16N2O2. The van der Waals surface area contributed by atoms with Crippen LogP contribution in [0.3, 0.4) is 0 Å². The summed E-state index contributed by atoms with van der Waals surface area (Å²) in [7, 11) is 0. The molecule has 18 heavy (non-hydrogen) atoms. The average molecular weight is 244 g/mol. The van der Waals surface area contributed by atoms with E-state index in [2.05, 4.69) is 5.32 Å². The van der Waals surface area contributed by atoms with Gasteiger partial charge in [0.05, 0.1) is 0 Å². The Kier molecular flexibility index (Phi) is 2.78. The summed E-state index contributed by atoms with van der Waals surface area (Å²) in [4.78, 5) is 25.5. The monoisotopic (exact) mass is 244 g/mol. The van der Waals surface area contributed by atoms with Crippen molar-refractivity contribution in [3.63, 3.8) is 0 Å². The molecule has 2 aliphatic rings. The minimum absolute atomic E-state index is 0.0936. The molecule has 1 atom stereocenters. The van der Waals surface area contributed by atoms with Crippen molar-refractivity contribution in [2.75, 3.05) is 13.1 Å². The molecule has 0 saturated carbocycles. The molecule has 2 heterocycles. The van der Waals surface area contributed by atoms with Crippen molar-refractivity contribution in [3.8, 4) is 0 Å². The Morgan fingerprint density at radius 3 is 2.78 bits per heavy atom. The maximum absolute atomic E-state index is 12.4. The quantitative estimate of drug-likeness (QED) is 0.800. The molecule has 1 saturated heterocycles. The largest absolute Gasteiger partial charge is 0.354 e. The molecule has 1 aromatic rings. The Balaban J connectivity index is 1.80. The molecule has 3 rings (SSSR count). The number of hydrogen-bond acceptors (Lipinski definition) is 2. The first-order chi connectivity index (χ1) is 8.75. The third kappa shape index (κ3) is 1.88. The fourth-order valence-electron chi connectivity index (χ4n) is 2.78. The van der Waals surface area contributed by atoms with Crippen LogP contribution in [0, 0.1) is 0 Å². The zero-order chi connectivity index (χ0) is 12.5. The van der Waals surface area contributed by atoms with Crippen LogP contribution in [-0.2, 0) is 11.2 Å². The summed E-state index contributed by atoms with van der Waals surface area (Å²) in [5, 5.41) is 2.84. The summed E-state index contributed by atoms with van der Waals surface area (Å²) < 4.78 is 0. The summed E-state index contributed by atoms with van der Waals surface area (Å²) in [6, 6.07) is 7.95. The van der Waals surface area contributed by atoms with Crippen molar-refractivity contribution in [3.05, 3.63) is 35.4 Å². The van der Waals surface area contributed by atoms with Crippen molar-refractivity contribution < 1.29 is 9.59 Å². The van der Waals surface area contributed by atoms with Crippen LogP contribution < -0.4 is 5.32 Å². The maximum Gasteiger partial charge on any atom is 0.254 e. The molecule has 94 valence electrons. The van der Waals surface area contributed by atoms with Crippen LogP contribution in [0.4, 0.5) is 0 Å². The molecule has 2 amide bonds. The third-order valence-corrected chi connectivity index (χ3v) is 3.81. The van der Waals surface area contributed by atoms with Gasteiger partial charge in [-0.25, -0.2) is 0 Å². The number of nitrogens with one attached hydrogen (secondary N) is 1. The smallest absolute Gasteiger partial charge is 0.254 e. The number of hydrogen-bond donors (Lipinski definition) is 1. The van der Waals surface area contributed by atoms with Crippen molar-refractivity contribution >= 4 is 11.8 Å². The number of rotatable bonds is 1. The van der Waals surface area contributed by atoms with Crippen LogP contribution in [0.15, 0.2) is 24.3 Å². The molecular weight excluding hydrogens is 228 g/mol. The second-order valence-electron chi connectivity index (χ2n) is 4.90. The van der Waals surface area contributed by atoms with Gasteiger partial charge in [-0.15, -0.1) is 0 Å². The van der Waals surface area contributed by atoms with E-state index < -0.39 is 0 Å². The zero-order valence-corrected chi connectivity index (χ0v) is 10.2. The lowest BCUT2D eigenvalue weighted by Crippen LogP contribution is -2.52. The minimum Gasteiger partial charge on any atom is -0.354 e. The Morgan fingerprint density at radius 1 is 1.17 bits per heavy atom. The molecule has 0 spiro atoms. The summed E-state index contributed by atoms with van der Waals surface area (Å²) >= 11 is 0. The van der Waals surface area contributed by atoms with Crippen molar-refractivity contribution in [2.45, 2.75) is 25.3 Å². The standard InChI is InChI=1S/C14H16N2O2/c17-13-6-5-11(9-15-13)16-8-7-10-3-1-2-4-12(10)14(16)18/h1-4,11H,5-9H2,(H,15,17). The molecule has 0 radical (unpaired) electrons. The van der Waals surface area contributed by atoms with E-state index in [-0.39, 0.29) is 17.9 Å². The Labute approximate surface area is 106 Å². The van der Waals surface area contributed by atoms with Gasteiger partial charge < -0.3 is 10.2 Å². The molecule has 1 unspecified atom stereocenters. The SMILES string of the molecule is O=C1CCC(N2CCc3ccccc3C2=O)CN1. The molecule has 0 aliphatic carbocycles. The van der Waals surface area contributed by atoms with Crippen LogP contribution in [-0.4, -0.2) is 35.8 Å². The van der Waals surface area contributed by atoms with E-state index in [1.54, 1.807) is 0 Å². The number of piperidine rings is 1. The fraction of sp³-hybridized carbons (Fsp3) is 0.429. The molecule has 0 aromatic heterocycles. The van der Waals surface area contributed by atoms with Gasteiger partial charge >= 0.3 is 0 Å². The minimum atomic E-state index is 0.0936. The second-order valence-corrected chi connectivity index (χ2v) is 4.90. The zero-order valence-electron chi connectivity index (χ0n) is 10.2. The highest BCUT2D eigenvalue weighted by molar-refractivity contribution is 5.97. The highest BCUT2D eigenvalue weighted by Gasteiger charge is 2.31. The molecule has 1 fully saturated rings. The van der Waals surface area contributed by atoms with Crippen LogP contribution in [0.5, 0.6) is 0 Å². The van der Waals surface area contributed by atoms with Crippen LogP contribution >= 0.6 is 0 Å². The second kappa shape index (κ2) is 4.44. The van der Waals surface area contributed by atoms with E-state index in [0.29, 0.717) is 13.0 Å². The van der Waals surface area contributed by atoms with E-state index in [1.165, 1.54) is 0 Å². The Hall–Kier alpha value is -1.84. The van der Waals surface area contributed by atoms with Gasteiger partial charge in [0.25, 0.3) is 5.91 Å². The molecule has 2 aliphatic heterocycles. The molecule has 1 aromatic carbocycles. The highest BCUT2D eigenvalue weighted by atomic mass is 16.2. The first-order valence-corrected chi connectivity index (χ1v) is 6.41. The number of amides is 2. The van der Waals surface area contributed by atoms with Crippen molar-refractivity contribution in [2.24, 2.45) is 0 Å². The molecule has 4 heteroatoms. The third-order valence-electron chi connectivity index (χ3n) is 3.81. The average Bonchev–Trinajstić information content (AvgIpc) is 2.41. The van der Waals surface area contributed by atoms with Gasteiger partial charge in [0, 0.05) is 31.1 Å². The molecule has 4 nitrogen and oxygen atoms in total. The van der Waals surface area contributed by atoms with Gasteiger partial charge in [0.15, 0.2) is 0 Å². The lowest BCUT2D eigenvalue weighted by Gasteiger charge is -2.37. The van der Waals surface area contributed by atoms with Crippen molar-refractivity contribution in [1.29, 1.82) is 0 Å². The van der Waals surface area contributed by atoms with E-state index >= 15 is 0 Å². The number of benzene rings is 1. The Bertz CT molecular complexity index is 488. The summed E-state index contributed by atoms with van der Waals surface area (Å²) in [5.41, 5.74) is 1.96. The fourth-order valence-corrected chi connectivity index (χ4v) is 2.78. The van der Waals surface area contributed by atoms with Crippen LogP contribution in [0.1, 0.15) is 28.8 Å². The number of carbonyl (C=O) groups excluding carboxylic acids is 2. The predicted molar refractivity (Wildman–Crippen MR) is 67.2 cm³/mol. The summed E-state index contributed by atoms with van der Waals surface area (Å²) in [6.07, 6.45) is 2.21. The van der Waals surface area contributed by atoms with Crippen molar-refractivity contribution in [1.82, 2.24) is 10.2 Å². The van der Waals surface area contributed by atoms with E-state index in [0.717, 1.165) is 30.5 Å². The predicted octanol–water partition coefficient (Wildman–Crippen LogP) is 0.964. The van der Waals surface area contributed by atoms with Gasteiger partial charge in [-0.3, -0.25) is 9.59 Å². The van der Waals surface area contributed by atoms with Gasteiger partial charge in [0.1, 0.15) is 0 Å². The van der Waals surface area contributed by atoms with E-state index in [1.807, 2.05) is 29.2 Å². The van der Waals surface area contributed by atoms with E-state index in [4.69, 9.17) is 0 Å². The van der Waals surface area contributed by atoms with Gasteiger partial charge in [-0.2, -0.15) is 0 Å². The number of nitrogens with zero attached hydrogens (tertiary/aromatic N) is 1. The lowest BCUT2D eigenvalue weighted by molar-refractivity contribution is -0.123. The van der Waals surface area contributed by atoms with E-state index in [9.17, 15) is 9.59 Å². The molecule has 0 bridgehead atoms. The summed E-state index contributed by atoms with van der Waals surface area (Å²) in [6.45, 7) is 1.35. The first kappa shape index (κ1) is 11.3. The number of fused-ring (bicyclic) bond motifs is 1. The van der Waals surface area contributed by atoms with Crippen LogP contribution in [0.25, 0.3) is 0 Å². The summed E-state index contributed by atoms with van der Waals surface area (Å²) in [5.74, 6) is 0.203. The molecule has 1 N–H and O–H groups in total. The first-order valence-electron chi connectivity index (χ1n) is 6.41. The Morgan fingerprint density at radius 2 is 2.00 bits per heavy atom. The maximum atomic E-state index is 12.4.